The summed E-state index contributed by atoms with van der Waals surface area (Å²) in [6.45, 7) is 5.34. The molecule has 23 heavy (non-hydrogen) atoms. The van der Waals surface area contributed by atoms with Gasteiger partial charge in [-0.2, -0.15) is 0 Å². The van der Waals surface area contributed by atoms with Crippen molar-refractivity contribution in [1.29, 1.82) is 0 Å². The van der Waals surface area contributed by atoms with Crippen LogP contribution in [-0.2, 0) is 0 Å². The molecule has 0 atom stereocenters. The highest BCUT2D eigenvalue weighted by molar-refractivity contribution is 6.30. The summed E-state index contributed by atoms with van der Waals surface area (Å²) in [7, 11) is 0. The number of carbonyl (C=O) groups is 2. The molecule has 0 bridgehead atoms. The average Bonchev–Trinajstić information content (AvgIpc) is 2.46. The summed E-state index contributed by atoms with van der Waals surface area (Å²) in [5.74, 6) is -1.22. The second-order valence-electron chi connectivity index (χ2n) is 5.72. The van der Waals surface area contributed by atoms with E-state index in [1.54, 1.807) is 37.3 Å². The van der Waals surface area contributed by atoms with Gasteiger partial charge in [-0.05, 0) is 54.3 Å². The summed E-state index contributed by atoms with van der Waals surface area (Å²) in [5.41, 5.74) is 7.07. The van der Waals surface area contributed by atoms with Crippen LogP contribution in [0.25, 0.3) is 0 Å². The van der Waals surface area contributed by atoms with Crippen LogP contribution in [-0.4, -0.2) is 16.8 Å². The number of primary amides is 1. The molecule has 3 N–H and O–H groups in total. The van der Waals surface area contributed by atoms with Crippen molar-refractivity contribution in [3.8, 4) is 5.75 Å². The zero-order chi connectivity index (χ0) is 17.3. The van der Waals surface area contributed by atoms with Crippen molar-refractivity contribution in [2.45, 2.75) is 26.7 Å². The molecule has 0 heterocycles. The van der Waals surface area contributed by atoms with Gasteiger partial charge in [0.2, 0.25) is 0 Å². The molecule has 0 saturated carbocycles. The number of benzene rings is 2. The molecule has 0 spiro atoms. The summed E-state index contributed by atoms with van der Waals surface area (Å²) in [6.07, 6.45) is 0. The quantitative estimate of drug-likeness (QED) is 0.836. The Morgan fingerprint density at radius 2 is 1.74 bits per heavy atom. The van der Waals surface area contributed by atoms with Crippen LogP contribution in [0.4, 0.5) is 0 Å². The summed E-state index contributed by atoms with van der Waals surface area (Å²) in [4.78, 5) is 24.5. The minimum atomic E-state index is -0.757. The maximum atomic E-state index is 12.8. The van der Waals surface area contributed by atoms with E-state index in [1.807, 2.05) is 13.8 Å². The highest BCUT2D eigenvalue weighted by atomic mass is 35.5. The Morgan fingerprint density at radius 1 is 1.17 bits per heavy atom. The monoisotopic (exact) mass is 331 g/mol. The van der Waals surface area contributed by atoms with Gasteiger partial charge in [-0.15, -0.1) is 0 Å². The maximum Gasteiger partial charge on any atom is 0.252 e. The zero-order valence-electron chi connectivity index (χ0n) is 13.2. The van der Waals surface area contributed by atoms with Crippen LogP contribution in [0, 0.1) is 6.92 Å². The summed E-state index contributed by atoms with van der Waals surface area (Å²) < 4.78 is 0. The molecule has 4 nitrogen and oxygen atoms in total. The molecule has 0 unspecified atom stereocenters. The molecular weight excluding hydrogens is 314 g/mol. The van der Waals surface area contributed by atoms with E-state index in [4.69, 9.17) is 17.3 Å². The molecule has 5 heteroatoms. The SMILES string of the molecule is Cc1c(C(=O)c2ccc(Cl)cc2)cc(C(C)C)c(O)c1C(N)=O. The molecule has 1 amide bonds. The molecule has 0 aliphatic heterocycles. The third-order valence-corrected chi connectivity index (χ3v) is 4.06. The van der Waals surface area contributed by atoms with E-state index in [0.717, 1.165) is 0 Å². The Kier molecular flexibility index (Phi) is 4.76. The second kappa shape index (κ2) is 6.42. The van der Waals surface area contributed by atoms with Crippen molar-refractivity contribution in [1.82, 2.24) is 0 Å². The Labute approximate surface area is 139 Å². The van der Waals surface area contributed by atoms with Crippen molar-refractivity contribution in [3.63, 3.8) is 0 Å². The molecule has 2 aromatic carbocycles. The van der Waals surface area contributed by atoms with Gasteiger partial charge in [-0.1, -0.05) is 25.4 Å². The molecule has 0 fully saturated rings. The van der Waals surface area contributed by atoms with Gasteiger partial charge in [0.25, 0.3) is 5.91 Å². The number of rotatable bonds is 4. The molecule has 120 valence electrons. The first kappa shape index (κ1) is 17.0. The highest BCUT2D eigenvalue weighted by Crippen LogP contribution is 2.34. The van der Waals surface area contributed by atoms with Crippen molar-refractivity contribution >= 4 is 23.3 Å². The van der Waals surface area contributed by atoms with Crippen molar-refractivity contribution in [2.75, 3.05) is 0 Å². The fraction of sp³-hybridized carbons (Fsp3) is 0.222. The third-order valence-electron chi connectivity index (χ3n) is 3.81. The van der Waals surface area contributed by atoms with Crippen LogP contribution in [0.5, 0.6) is 5.75 Å². The van der Waals surface area contributed by atoms with Crippen LogP contribution < -0.4 is 5.73 Å². The number of hydrogen-bond acceptors (Lipinski definition) is 3. The number of halogens is 1. The summed E-state index contributed by atoms with van der Waals surface area (Å²) in [5, 5.41) is 10.8. The van der Waals surface area contributed by atoms with Gasteiger partial charge in [0.05, 0.1) is 5.56 Å². The number of amides is 1. The van der Waals surface area contributed by atoms with Gasteiger partial charge in [-0.3, -0.25) is 9.59 Å². The van der Waals surface area contributed by atoms with Crippen LogP contribution in [0.2, 0.25) is 5.02 Å². The number of carbonyl (C=O) groups excluding carboxylic acids is 2. The Morgan fingerprint density at radius 3 is 2.22 bits per heavy atom. The summed E-state index contributed by atoms with van der Waals surface area (Å²) in [6, 6.07) is 8.12. The molecule has 0 aliphatic rings. The van der Waals surface area contributed by atoms with Gasteiger partial charge in [0.15, 0.2) is 5.78 Å². The predicted molar refractivity (Wildman–Crippen MR) is 90.3 cm³/mol. The number of nitrogens with two attached hydrogens (primary N) is 1. The molecular formula is C18H18ClNO3. The van der Waals surface area contributed by atoms with E-state index in [-0.39, 0.29) is 23.0 Å². The lowest BCUT2D eigenvalue weighted by molar-refractivity contribution is 0.0997. The number of ketones is 1. The maximum absolute atomic E-state index is 12.8. The fourth-order valence-corrected chi connectivity index (χ4v) is 2.65. The van der Waals surface area contributed by atoms with Gasteiger partial charge < -0.3 is 10.8 Å². The van der Waals surface area contributed by atoms with Crippen molar-refractivity contribution < 1.29 is 14.7 Å². The second-order valence-corrected chi connectivity index (χ2v) is 6.15. The predicted octanol–water partition coefficient (Wildman–Crippen LogP) is 3.81. The number of hydrogen-bond donors (Lipinski definition) is 2. The Hall–Kier alpha value is -2.33. The average molecular weight is 332 g/mol. The lowest BCUT2D eigenvalue weighted by Gasteiger charge is -2.17. The van der Waals surface area contributed by atoms with Gasteiger partial charge in [0, 0.05) is 16.1 Å². The smallest absolute Gasteiger partial charge is 0.252 e. The Bertz CT molecular complexity index is 780. The lowest BCUT2D eigenvalue weighted by atomic mass is 9.88. The molecule has 2 rings (SSSR count). The standard InChI is InChI=1S/C18H18ClNO3/c1-9(2)13-8-14(10(3)15(17(13)22)18(20)23)16(21)11-4-6-12(19)7-5-11/h4-9,22H,1-3H3,(H2,20,23). The largest absolute Gasteiger partial charge is 0.507 e. The van der Waals surface area contributed by atoms with E-state index in [0.29, 0.717) is 27.3 Å². The lowest BCUT2D eigenvalue weighted by Crippen LogP contribution is -2.17. The molecule has 0 aliphatic carbocycles. The van der Waals surface area contributed by atoms with Gasteiger partial charge >= 0.3 is 0 Å². The van der Waals surface area contributed by atoms with E-state index in [1.165, 1.54) is 0 Å². The van der Waals surface area contributed by atoms with E-state index in [9.17, 15) is 14.7 Å². The van der Waals surface area contributed by atoms with Crippen LogP contribution >= 0.6 is 11.6 Å². The van der Waals surface area contributed by atoms with E-state index in [2.05, 4.69) is 0 Å². The molecule has 0 radical (unpaired) electrons. The van der Waals surface area contributed by atoms with Crippen molar-refractivity contribution in [3.05, 3.63) is 63.2 Å². The summed E-state index contributed by atoms with van der Waals surface area (Å²) >= 11 is 5.84. The molecule has 0 saturated heterocycles. The fourth-order valence-electron chi connectivity index (χ4n) is 2.52. The first-order valence-electron chi connectivity index (χ1n) is 7.20. The molecule has 2 aromatic rings. The number of phenols is 1. The zero-order valence-corrected chi connectivity index (χ0v) is 13.9. The minimum absolute atomic E-state index is 0.00601. The first-order chi connectivity index (χ1) is 10.7. The van der Waals surface area contributed by atoms with Gasteiger partial charge in [0.1, 0.15) is 5.75 Å². The normalized spacial score (nSPS) is 10.8. The van der Waals surface area contributed by atoms with E-state index < -0.39 is 5.91 Å². The first-order valence-corrected chi connectivity index (χ1v) is 7.58. The van der Waals surface area contributed by atoms with Gasteiger partial charge in [-0.25, -0.2) is 0 Å². The molecule has 0 aromatic heterocycles. The number of aromatic hydroxyl groups is 1. The van der Waals surface area contributed by atoms with Crippen LogP contribution in [0.1, 0.15) is 57.2 Å². The van der Waals surface area contributed by atoms with Crippen LogP contribution in [0.3, 0.4) is 0 Å². The van der Waals surface area contributed by atoms with Crippen molar-refractivity contribution in [2.24, 2.45) is 5.73 Å². The van der Waals surface area contributed by atoms with E-state index >= 15 is 0 Å². The topological polar surface area (TPSA) is 80.4 Å². The third kappa shape index (κ3) is 3.22. The van der Waals surface area contributed by atoms with Crippen LogP contribution in [0.15, 0.2) is 30.3 Å². The highest BCUT2D eigenvalue weighted by Gasteiger charge is 2.23. The Balaban J connectivity index is 2.68. The minimum Gasteiger partial charge on any atom is -0.507 e.